The lowest BCUT2D eigenvalue weighted by atomic mass is 9.79. The summed E-state index contributed by atoms with van der Waals surface area (Å²) in [6.45, 7) is 0.136. The summed E-state index contributed by atoms with van der Waals surface area (Å²) in [7, 11) is 6.30. The highest BCUT2D eigenvalue weighted by Gasteiger charge is 2.43. The fourth-order valence-electron chi connectivity index (χ4n) is 4.74. The van der Waals surface area contributed by atoms with Gasteiger partial charge >= 0.3 is 0 Å². The van der Waals surface area contributed by atoms with Gasteiger partial charge in [0.25, 0.3) is 5.91 Å². The number of ether oxygens (including phenoxy) is 5. The Morgan fingerprint density at radius 1 is 0.917 bits per heavy atom. The van der Waals surface area contributed by atoms with Crippen LogP contribution in [0.3, 0.4) is 0 Å². The predicted molar refractivity (Wildman–Crippen MR) is 131 cm³/mol. The smallest absolute Gasteiger partial charge is 0.254 e. The van der Waals surface area contributed by atoms with E-state index in [0.717, 1.165) is 5.56 Å². The molecule has 0 spiro atoms. The fraction of sp³-hybridized carbons (Fsp3) is 0.259. The molecule has 9 heteroatoms. The molecule has 0 aromatic heterocycles. The molecule has 0 saturated carbocycles. The molecule has 0 unspecified atom stereocenters. The summed E-state index contributed by atoms with van der Waals surface area (Å²) in [6, 6.07) is 15.3. The van der Waals surface area contributed by atoms with Crippen LogP contribution in [-0.2, 0) is 4.79 Å². The second kappa shape index (κ2) is 9.33. The lowest BCUT2D eigenvalue weighted by Gasteiger charge is -2.40. The first kappa shape index (κ1) is 23.3. The molecule has 36 heavy (non-hydrogen) atoms. The van der Waals surface area contributed by atoms with E-state index in [1.165, 1.54) is 14.2 Å². The first-order valence-corrected chi connectivity index (χ1v) is 11.3. The zero-order valence-corrected chi connectivity index (χ0v) is 20.4. The second-order valence-electron chi connectivity index (χ2n) is 8.46. The number of nitrogens with one attached hydrogen (secondary N) is 1. The molecule has 0 radical (unpaired) electrons. The molecular weight excluding hydrogens is 464 g/mol. The van der Waals surface area contributed by atoms with Crippen molar-refractivity contribution < 1.29 is 33.3 Å². The molecule has 2 amide bonds. The number of carbonyl (C=O) groups excluding carboxylic acids is 2. The summed E-state index contributed by atoms with van der Waals surface area (Å²) in [5, 5.41) is 3.00. The molecule has 0 aliphatic carbocycles. The number of likely N-dealkylation sites (N-methyl/N-ethyl adjacent to an activating group) is 1. The number of carbonyl (C=O) groups is 2. The Morgan fingerprint density at radius 2 is 1.61 bits per heavy atom. The number of rotatable bonds is 6. The molecule has 2 atom stereocenters. The Labute approximate surface area is 208 Å². The van der Waals surface area contributed by atoms with E-state index in [1.807, 2.05) is 24.3 Å². The van der Waals surface area contributed by atoms with Gasteiger partial charge in [-0.15, -0.1) is 0 Å². The minimum absolute atomic E-state index is 0.136. The normalized spacial score (nSPS) is 17.9. The quantitative estimate of drug-likeness (QED) is 0.558. The van der Waals surface area contributed by atoms with E-state index in [-0.39, 0.29) is 18.6 Å². The third-order valence-electron chi connectivity index (χ3n) is 6.55. The van der Waals surface area contributed by atoms with Crippen molar-refractivity contribution in [2.75, 3.05) is 40.5 Å². The molecule has 2 aliphatic heterocycles. The molecule has 5 rings (SSSR count). The van der Waals surface area contributed by atoms with Crippen LogP contribution in [0.2, 0.25) is 0 Å². The summed E-state index contributed by atoms with van der Waals surface area (Å²) in [5.41, 5.74) is 2.28. The SMILES string of the molecule is COc1ccc([C@@H]2[C@@H](C(=O)Nc3ccc4c(c3)OCO4)c3cc(OC)c(OC)cc3C(=O)N2C)cc1. The first-order valence-electron chi connectivity index (χ1n) is 11.3. The summed E-state index contributed by atoms with van der Waals surface area (Å²) in [5.74, 6) is 1.44. The molecule has 0 fully saturated rings. The Kier molecular flexibility index (Phi) is 6.05. The van der Waals surface area contributed by atoms with Crippen LogP contribution in [0.5, 0.6) is 28.7 Å². The number of hydrogen-bond acceptors (Lipinski definition) is 7. The first-order chi connectivity index (χ1) is 17.4. The van der Waals surface area contributed by atoms with E-state index in [1.54, 1.807) is 49.4 Å². The van der Waals surface area contributed by atoms with Gasteiger partial charge in [0.15, 0.2) is 23.0 Å². The highest BCUT2D eigenvalue weighted by atomic mass is 16.7. The van der Waals surface area contributed by atoms with Crippen molar-refractivity contribution in [3.63, 3.8) is 0 Å². The van der Waals surface area contributed by atoms with Crippen LogP contribution in [-0.4, -0.2) is 51.9 Å². The van der Waals surface area contributed by atoms with E-state index in [4.69, 9.17) is 23.7 Å². The molecule has 2 heterocycles. The van der Waals surface area contributed by atoms with Gasteiger partial charge < -0.3 is 33.9 Å². The van der Waals surface area contributed by atoms with Gasteiger partial charge in [0.1, 0.15) is 5.75 Å². The van der Waals surface area contributed by atoms with E-state index < -0.39 is 12.0 Å². The number of anilines is 1. The Morgan fingerprint density at radius 3 is 2.31 bits per heavy atom. The van der Waals surface area contributed by atoms with Gasteiger partial charge in [-0.2, -0.15) is 0 Å². The van der Waals surface area contributed by atoms with Gasteiger partial charge in [-0.25, -0.2) is 0 Å². The zero-order valence-electron chi connectivity index (χ0n) is 20.4. The second-order valence-corrected chi connectivity index (χ2v) is 8.46. The van der Waals surface area contributed by atoms with Crippen LogP contribution in [0.1, 0.15) is 33.4 Å². The highest BCUT2D eigenvalue weighted by Crippen LogP contribution is 2.46. The monoisotopic (exact) mass is 490 g/mol. The Hall–Kier alpha value is -4.40. The minimum atomic E-state index is -0.749. The van der Waals surface area contributed by atoms with Gasteiger partial charge in [-0.3, -0.25) is 9.59 Å². The molecular formula is C27H26N2O7. The lowest BCUT2D eigenvalue weighted by molar-refractivity contribution is -0.119. The predicted octanol–water partition coefficient (Wildman–Crippen LogP) is 3.99. The number of methoxy groups -OCH3 is 3. The van der Waals surface area contributed by atoms with Gasteiger partial charge in [-0.1, -0.05) is 12.1 Å². The fourth-order valence-corrected chi connectivity index (χ4v) is 4.74. The zero-order chi connectivity index (χ0) is 25.4. The number of fused-ring (bicyclic) bond motifs is 2. The standard InChI is InChI=1S/C27H26N2O7/c1-29-25(15-5-8-17(32-2)9-6-15)24(18-12-21(33-3)22(34-4)13-19(18)27(29)31)26(30)28-16-7-10-20-23(11-16)36-14-35-20/h5-13,24-25H,14H2,1-4H3,(H,28,30)/t24-,25+/m0/s1. The molecule has 0 bridgehead atoms. The summed E-state index contributed by atoms with van der Waals surface area (Å²) in [4.78, 5) is 29.0. The summed E-state index contributed by atoms with van der Waals surface area (Å²) < 4.78 is 27.0. The Balaban J connectivity index is 1.61. The molecule has 1 N–H and O–H groups in total. The lowest BCUT2D eigenvalue weighted by Crippen LogP contribution is -2.44. The summed E-state index contributed by atoms with van der Waals surface area (Å²) >= 11 is 0. The molecule has 3 aromatic rings. The number of benzene rings is 3. The highest BCUT2D eigenvalue weighted by molar-refractivity contribution is 6.05. The molecule has 0 saturated heterocycles. The average molecular weight is 491 g/mol. The largest absolute Gasteiger partial charge is 0.497 e. The van der Waals surface area contributed by atoms with Crippen LogP contribution >= 0.6 is 0 Å². The number of nitrogens with zero attached hydrogens (tertiary/aromatic N) is 1. The molecule has 9 nitrogen and oxygen atoms in total. The number of hydrogen-bond donors (Lipinski definition) is 1. The maximum atomic E-state index is 13.9. The van der Waals surface area contributed by atoms with Crippen LogP contribution in [0.15, 0.2) is 54.6 Å². The van der Waals surface area contributed by atoms with E-state index in [0.29, 0.717) is 45.6 Å². The van der Waals surface area contributed by atoms with Crippen molar-refractivity contribution in [3.05, 3.63) is 71.3 Å². The molecule has 186 valence electrons. The van der Waals surface area contributed by atoms with Gasteiger partial charge in [0, 0.05) is 24.4 Å². The van der Waals surface area contributed by atoms with E-state index >= 15 is 0 Å². The van der Waals surface area contributed by atoms with Crippen LogP contribution in [0.4, 0.5) is 5.69 Å². The van der Waals surface area contributed by atoms with E-state index in [9.17, 15) is 9.59 Å². The van der Waals surface area contributed by atoms with Crippen molar-refractivity contribution >= 4 is 17.5 Å². The maximum absolute atomic E-state index is 13.9. The van der Waals surface area contributed by atoms with Crippen LogP contribution in [0, 0.1) is 0 Å². The topological polar surface area (TPSA) is 95.6 Å². The van der Waals surface area contributed by atoms with Crippen molar-refractivity contribution in [2.45, 2.75) is 12.0 Å². The third kappa shape index (κ3) is 3.92. The molecule has 3 aromatic carbocycles. The van der Waals surface area contributed by atoms with Crippen LogP contribution < -0.4 is 29.0 Å². The van der Waals surface area contributed by atoms with Gasteiger partial charge in [0.2, 0.25) is 12.7 Å². The van der Waals surface area contributed by atoms with Crippen molar-refractivity contribution in [2.24, 2.45) is 0 Å². The minimum Gasteiger partial charge on any atom is -0.497 e. The van der Waals surface area contributed by atoms with Gasteiger partial charge in [0.05, 0.1) is 33.3 Å². The van der Waals surface area contributed by atoms with E-state index in [2.05, 4.69) is 5.32 Å². The van der Waals surface area contributed by atoms with Crippen LogP contribution in [0.25, 0.3) is 0 Å². The van der Waals surface area contributed by atoms with Crippen molar-refractivity contribution in [1.29, 1.82) is 0 Å². The molecule has 2 aliphatic rings. The van der Waals surface area contributed by atoms with Crippen molar-refractivity contribution in [1.82, 2.24) is 4.90 Å². The van der Waals surface area contributed by atoms with Crippen molar-refractivity contribution in [3.8, 4) is 28.7 Å². The van der Waals surface area contributed by atoms with Gasteiger partial charge in [-0.05, 0) is 47.5 Å². The third-order valence-corrected chi connectivity index (χ3v) is 6.55. The average Bonchev–Trinajstić information content (AvgIpc) is 3.37. The Bertz CT molecular complexity index is 1320. The number of amides is 2. The maximum Gasteiger partial charge on any atom is 0.254 e. The summed E-state index contributed by atoms with van der Waals surface area (Å²) in [6.07, 6.45) is 0.